The molecule has 0 bridgehead atoms. The molecule has 2 fully saturated rings. The van der Waals surface area contributed by atoms with Gasteiger partial charge in [0.15, 0.2) is 0 Å². The van der Waals surface area contributed by atoms with Gasteiger partial charge in [-0.25, -0.2) is 0 Å². The van der Waals surface area contributed by atoms with E-state index in [1.165, 1.54) is 32.1 Å². The van der Waals surface area contributed by atoms with Gasteiger partial charge in [-0.2, -0.15) is 0 Å². The Morgan fingerprint density at radius 1 is 1.24 bits per heavy atom. The van der Waals surface area contributed by atoms with E-state index in [-0.39, 0.29) is 0 Å². The molecule has 0 radical (unpaired) electrons. The molecular formula is C13H25N3O. The van der Waals surface area contributed by atoms with E-state index in [1.807, 2.05) is 7.05 Å². The first-order valence-corrected chi connectivity index (χ1v) is 6.97. The summed E-state index contributed by atoms with van der Waals surface area (Å²) in [4.78, 5) is 16.5. The highest BCUT2D eigenvalue weighted by Gasteiger charge is 2.29. The molecule has 2 rings (SSSR count). The van der Waals surface area contributed by atoms with E-state index in [9.17, 15) is 4.79 Å². The maximum absolute atomic E-state index is 12.1. The van der Waals surface area contributed by atoms with Crippen LogP contribution in [0.5, 0.6) is 0 Å². The fourth-order valence-corrected chi connectivity index (χ4v) is 2.97. The molecule has 1 saturated carbocycles. The van der Waals surface area contributed by atoms with Crippen molar-refractivity contribution in [2.75, 3.05) is 39.8 Å². The van der Waals surface area contributed by atoms with Crippen LogP contribution in [0.3, 0.4) is 0 Å². The average molecular weight is 239 g/mol. The Bertz CT molecular complexity index is 251. The molecule has 0 spiro atoms. The van der Waals surface area contributed by atoms with Gasteiger partial charge in [-0.05, 0) is 19.9 Å². The minimum Gasteiger partial charge on any atom is -0.337 e. The lowest BCUT2D eigenvalue weighted by atomic mass is 9.93. The van der Waals surface area contributed by atoms with Gasteiger partial charge in [-0.3, -0.25) is 9.69 Å². The topological polar surface area (TPSA) is 35.6 Å². The fraction of sp³-hybridized carbons (Fsp3) is 0.923. The number of rotatable bonds is 4. The predicted molar refractivity (Wildman–Crippen MR) is 69.0 cm³/mol. The van der Waals surface area contributed by atoms with E-state index in [0.717, 1.165) is 26.2 Å². The lowest BCUT2D eigenvalue weighted by molar-refractivity contribution is -0.139. The van der Waals surface area contributed by atoms with Gasteiger partial charge >= 0.3 is 0 Å². The van der Waals surface area contributed by atoms with Crippen molar-refractivity contribution in [1.29, 1.82) is 0 Å². The van der Waals surface area contributed by atoms with Crippen LogP contribution >= 0.6 is 0 Å². The molecule has 2 aliphatic rings. The lowest BCUT2D eigenvalue weighted by Crippen LogP contribution is -2.55. The van der Waals surface area contributed by atoms with Crippen LogP contribution in [-0.4, -0.2) is 61.5 Å². The van der Waals surface area contributed by atoms with Crippen molar-refractivity contribution in [3.63, 3.8) is 0 Å². The zero-order valence-electron chi connectivity index (χ0n) is 11.0. The van der Waals surface area contributed by atoms with E-state index in [0.29, 0.717) is 18.5 Å². The van der Waals surface area contributed by atoms with Gasteiger partial charge in [-0.1, -0.05) is 19.3 Å². The quantitative estimate of drug-likeness (QED) is 0.784. The molecule has 1 saturated heterocycles. The molecule has 1 aliphatic heterocycles. The second-order valence-electron chi connectivity index (χ2n) is 5.26. The standard InChI is InChI=1S/C13H25N3O/c1-14-7-8-15-9-10-16(13(17)11-15)12-5-3-2-4-6-12/h12,14H,2-11H2,1H3. The molecule has 4 heteroatoms. The smallest absolute Gasteiger partial charge is 0.237 e. The third-order valence-corrected chi connectivity index (χ3v) is 4.03. The minimum absolute atomic E-state index is 0.347. The third kappa shape index (κ3) is 3.42. The maximum Gasteiger partial charge on any atom is 0.237 e. The van der Waals surface area contributed by atoms with Crippen LogP contribution in [0, 0.1) is 0 Å². The number of nitrogens with one attached hydrogen (secondary N) is 1. The predicted octanol–water partition coefficient (Wildman–Crippen LogP) is 0.683. The van der Waals surface area contributed by atoms with Gasteiger partial charge in [0, 0.05) is 32.2 Å². The van der Waals surface area contributed by atoms with Gasteiger partial charge < -0.3 is 10.2 Å². The van der Waals surface area contributed by atoms with Gasteiger partial charge in [0.25, 0.3) is 0 Å². The Hall–Kier alpha value is -0.610. The van der Waals surface area contributed by atoms with Crippen LogP contribution in [-0.2, 0) is 4.79 Å². The zero-order valence-corrected chi connectivity index (χ0v) is 11.0. The van der Waals surface area contributed by atoms with E-state index < -0.39 is 0 Å². The van der Waals surface area contributed by atoms with Gasteiger partial charge in [0.05, 0.1) is 6.54 Å². The molecule has 98 valence electrons. The Kier molecular flexibility index (Phi) is 4.80. The molecule has 1 heterocycles. The van der Waals surface area contributed by atoms with Gasteiger partial charge in [-0.15, -0.1) is 0 Å². The fourth-order valence-electron chi connectivity index (χ4n) is 2.97. The molecule has 1 N–H and O–H groups in total. The second-order valence-corrected chi connectivity index (χ2v) is 5.26. The van der Waals surface area contributed by atoms with Crippen molar-refractivity contribution in [3.05, 3.63) is 0 Å². The number of amides is 1. The molecule has 0 atom stereocenters. The summed E-state index contributed by atoms with van der Waals surface area (Å²) in [6.45, 7) is 4.56. The number of hydrogen-bond acceptors (Lipinski definition) is 3. The molecule has 0 aromatic heterocycles. The Balaban J connectivity index is 1.80. The highest BCUT2D eigenvalue weighted by atomic mass is 16.2. The largest absolute Gasteiger partial charge is 0.337 e. The van der Waals surface area contributed by atoms with Crippen molar-refractivity contribution < 1.29 is 4.79 Å². The maximum atomic E-state index is 12.1. The monoisotopic (exact) mass is 239 g/mol. The van der Waals surface area contributed by atoms with E-state index in [1.54, 1.807) is 0 Å². The van der Waals surface area contributed by atoms with Crippen molar-refractivity contribution >= 4 is 5.91 Å². The van der Waals surface area contributed by atoms with E-state index >= 15 is 0 Å². The van der Waals surface area contributed by atoms with Crippen LogP contribution in [0.2, 0.25) is 0 Å². The van der Waals surface area contributed by atoms with Crippen LogP contribution in [0.4, 0.5) is 0 Å². The molecule has 0 unspecified atom stereocenters. The number of carbonyl (C=O) groups is 1. The summed E-state index contributed by atoms with van der Waals surface area (Å²) in [5, 5.41) is 3.14. The summed E-state index contributed by atoms with van der Waals surface area (Å²) < 4.78 is 0. The summed E-state index contributed by atoms with van der Waals surface area (Å²) in [5.74, 6) is 0.347. The van der Waals surface area contributed by atoms with Crippen LogP contribution < -0.4 is 5.32 Å². The Morgan fingerprint density at radius 3 is 2.65 bits per heavy atom. The normalized spacial score (nSPS) is 24.3. The first kappa shape index (κ1) is 12.8. The number of nitrogens with zero attached hydrogens (tertiary/aromatic N) is 2. The Labute approximate surface area is 104 Å². The summed E-state index contributed by atoms with van der Waals surface area (Å²) in [6.07, 6.45) is 6.41. The van der Waals surface area contributed by atoms with Crippen molar-refractivity contribution in [3.8, 4) is 0 Å². The van der Waals surface area contributed by atoms with Gasteiger partial charge in [0.2, 0.25) is 5.91 Å². The summed E-state index contributed by atoms with van der Waals surface area (Å²) in [7, 11) is 1.96. The molecule has 4 nitrogen and oxygen atoms in total. The zero-order chi connectivity index (χ0) is 12.1. The van der Waals surface area contributed by atoms with Crippen molar-refractivity contribution in [2.24, 2.45) is 0 Å². The van der Waals surface area contributed by atoms with Crippen LogP contribution in [0.25, 0.3) is 0 Å². The molecular weight excluding hydrogens is 214 g/mol. The van der Waals surface area contributed by atoms with Crippen molar-refractivity contribution in [1.82, 2.24) is 15.1 Å². The van der Waals surface area contributed by atoms with Gasteiger partial charge in [0.1, 0.15) is 0 Å². The minimum atomic E-state index is 0.347. The molecule has 1 aliphatic carbocycles. The number of carbonyl (C=O) groups excluding carboxylic acids is 1. The highest BCUT2D eigenvalue weighted by Crippen LogP contribution is 2.23. The molecule has 0 aromatic carbocycles. The Morgan fingerprint density at radius 2 is 2.00 bits per heavy atom. The highest BCUT2D eigenvalue weighted by molar-refractivity contribution is 5.79. The van der Waals surface area contributed by atoms with Crippen molar-refractivity contribution in [2.45, 2.75) is 38.1 Å². The summed E-state index contributed by atoms with van der Waals surface area (Å²) in [6, 6.07) is 0.544. The van der Waals surface area contributed by atoms with Crippen LogP contribution in [0.1, 0.15) is 32.1 Å². The second kappa shape index (κ2) is 6.36. The number of piperazine rings is 1. The third-order valence-electron chi connectivity index (χ3n) is 4.03. The summed E-state index contributed by atoms with van der Waals surface area (Å²) in [5.41, 5.74) is 0. The van der Waals surface area contributed by atoms with E-state index in [2.05, 4.69) is 15.1 Å². The van der Waals surface area contributed by atoms with E-state index in [4.69, 9.17) is 0 Å². The average Bonchev–Trinajstić information content (AvgIpc) is 2.37. The first-order chi connectivity index (χ1) is 8.31. The SMILES string of the molecule is CNCCN1CCN(C2CCCCC2)C(=O)C1. The number of likely N-dealkylation sites (N-methyl/N-ethyl adjacent to an activating group) is 1. The molecule has 1 amide bonds. The summed E-state index contributed by atoms with van der Waals surface area (Å²) >= 11 is 0. The number of hydrogen-bond donors (Lipinski definition) is 1. The van der Waals surface area contributed by atoms with Crippen LogP contribution in [0.15, 0.2) is 0 Å². The lowest BCUT2D eigenvalue weighted by Gasteiger charge is -2.40. The molecule has 17 heavy (non-hydrogen) atoms. The first-order valence-electron chi connectivity index (χ1n) is 6.97. The molecule has 0 aromatic rings.